The molecule has 0 spiro atoms. The first kappa shape index (κ1) is 17.2. The summed E-state index contributed by atoms with van der Waals surface area (Å²) in [5, 5.41) is 9.33. The third kappa shape index (κ3) is 4.90. The molecule has 1 aromatic rings. The molecule has 0 aliphatic carbocycles. The smallest absolute Gasteiger partial charge is 0.157 e. The van der Waals surface area contributed by atoms with Gasteiger partial charge < -0.3 is 4.74 Å². The van der Waals surface area contributed by atoms with Crippen molar-refractivity contribution in [1.29, 1.82) is 5.26 Å². The number of ether oxygens (including phenoxy) is 1. The molecule has 1 atom stereocenters. The Balaban J connectivity index is 2.83. The number of nitriles is 1. The Kier molecular flexibility index (Phi) is 6.94. The van der Waals surface area contributed by atoms with Crippen molar-refractivity contribution in [1.82, 2.24) is 0 Å². The summed E-state index contributed by atoms with van der Waals surface area (Å²) in [4.78, 5) is 12.4. The highest BCUT2D eigenvalue weighted by molar-refractivity contribution is 5.90. The molecule has 21 heavy (non-hydrogen) atoms. The van der Waals surface area contributed by atoms with E-state index in [0.717, 1.165) is 24.2 Å². The fraction of sp³-hybridized carbons (Fsp3) is 0.556. The van der Waals surface area contributed by atoms with E-state index >= 15 is 0 Å². The van der Waals surface area contributed by atoms with Crippen LogP contribution in [0.4, 0.5) is 0 Å². The molecule has 0 N–H and O–H groups in total. The quantitative estimate of drug-likeness (QED) is 0.715. The lowest BCUT2D eigenvalue weighted by Gasteiger charge is -2.16. The molecule has 0 radical (unpaired) electrons. The summed E-state index contributed by atoms with van der Waals surface area (Å²) in [6.45, 7) is 8.82. The SMILES string of the molecule is CCC(CC)C(=O)C(C#N)c1ccc(OCC(C)C)cc1. The van der Waals surface area contributed by atoms with Gasteiger partial charge in [0.1, 0.15) is 11.7 Å². The van der Waals surface area contributed by atoms with Crippen LogP contribution in [0.2, 0.25) is 0 Å². The number of nitrogens with zero attached hydrogens (tertiary/aromatic N) is 1. The summed E-state index contributed by atoms with van der Waals surface area (Å²) in [5.41, 5.74) is 0.756. The summed E-state index contributed by atoms with van der Waals surface area (Å²) >= 11 is 0. The Morgan fingerprint density at radius 2 is 1.76 bits per heavy atom. The molecule has 0 saturated heterocycles. The molecule has 0 aromatic heterocycles. The van der Waals surface area contributed by atoms with Crippen LogP contribution >= 0.6 is 0 Å². The zero-order chi connectivity index (χ0) is 15.8. The lowest BCUT2D eigenvalue weighted by Crippen LogP contribution is -2.20. The molecule has 3 nitrogen and oxygen atoms in total. The van der Waals surface area contributed by atoms with Crippen molar-refractivity contribution in [3.63, 3.8) is 0 Å². The molecule has 0 heterocycles. The van der Waals surface area contributed by atoms with E-state index < -0.39 is 5.92 Å². The van der Waals surface area contributed by atoms with Crippen LogP contribution in [0.3, 0.4) is 0 Å². The van der Waals surface area contributed by atoms with Crippen molar-refractivity contribution in [2.24, 2.45) is 11.8 Å². The molecule has 1 aromatic carbocycles. The average molecular weight is 287 g/mol. The highest BCUT2D eigenvalue weighted by Gasteiger charge is 2.25. The number of ketones is 1. The highest BCUT2D eigenvalue weighted by atomic mass is 16.5. The van der Waals surface area contributed by atoms with Gasteiger partial charge in [-0.15, -0.1) is 0 Å². The van der Waals surface area contributed by atoms with Gasteiger partial charge in [-0.1, -0.05) is 39.8 Å². The molecule has 3 heteroatoms. The van der Waals surface area contributed by atoms with E-state index in [1.807, 2.05) is 38.1 Å². The topological polar surface area (TPSA) is 50.1 Å². The Hall–Kier alpha value is -1.82. The second-order valence-electron chi connectivity index (χ2n) is 5.75. The summed E-state index contributed by atoms with van der Waals surface area (Å²) in [7, 11) is 0. The monoisotopic (exact) mass is 287 g/mol. The predicted molar refractivity (Wildman–Crippen MR) is 84.2 cm³/mol. The minimum atomic E-state index is -0.672. The summed E-state index contributed by atoms with van der Waals surface area (Å²) in [6, 6.07) is 9.46. The number of rotatable bonds is 8. The Morgan fingerprint density at radius 1 is 1.19 bits per heavy atom. The molecule has 114 valence electrons. The number of hydrogen-bond donors (Lipinski definition) is 0. The minimum Gasteiger partial charge on any atom is -0.493 e. The lowest BCUT2D eigenvalue weighted by molar-refractivity contribution is -0.123. The number of benzene rings is 1. The number of carbonyl (C=O) groups is 1. The maximum Gasteiger partial charge on any atom is 0.157 e. The van der Waals surface area contributed by atoms with Crippen molar-refractivity contribution < 1.29 is 9.53 Å². The zero-order valence-electron chi connectivity index (χ0n) is 13.4. The number of carbonyl (C=O) groups excluding carboxylic acids is 1. The van der Waals surface area contributed by atoms with Gasteiger partial charge >= 0.3 is 0 Å². The molecular formula is C18H25NO2. The fourth-order valence-electron chi connectivity index (χ4n) is 2.25. The van der Waals surface area contributed by atoms with Crippen LogP contribution in [0.15, 0.2) is 24.3 Å². The first-order valence-corrected chi connectivity index (χ1v) is 7.69. The van der Waals surface area contributed by atoms with Crippen LogP contribution in [0.5, 0.6) is 5.75 Å². The molecule has 1 unspecified atom stereocenters. The number of Topliss-reactive ketones (excluding diaryl/α,β-unsaturated/α-hetero) is 1. The van der Waals surface area contributed by atoms with Crippen LogP contribution in [0.1, 0.15) is 52.0 Å². The van der Waals surface area contributed by atoms with Gasteiger partial charge in [0.2, 0.25) is 0 Å². The van der Waals surface area contributed by atoms with Crippen molar-refractivity contribution in [2.75, 3.05) is 6.61 Å². The Morgan fingerprint density at radius 3 is 2.19 bits per heavy atom. The molecule has 0 aliphatic heterocycles. The van der Waals surface area contributed by atoms with Gasteiger partial charge in [0.15, 0.2) is 5.78 Å². The Bertz CT molecular complexity index is 481. The molecule has 1 rings (SSSR count). The van der Waals surface area contributed by atoms with Gasteiger partial charge in [-0.05, 0) is 36.5 Å². The van der Waals surface area contributed by atoms with Gasteiger partial charge in [0, 0.05) is 5.92 Å². The van der Waals surface area contributed by atoms with Crippen molar-refractivity contribution in [3.8, 4) is 11.8 Å². The van der Waals surface area contributed by atoms with Gasteiger partial charge in [-0.25, -0.2) is 0 Å². The summed E-state index contributed by atoms with van der Waals surface area (Å²) in [6.07, 6.45) is 1.56. The van der Waals surface area contributed by atoms with E-state index in [-0.39, 0.29) is 11.7 Å². The normalized spacial score (nSPS) is 12.2. The van der Waals surface area contributed by atoms with Gasteiger partial charge in [0.25, 0.3) is 0 Å². The van der Waals surface area contributed by atoms with Crippen LogP contribution in [-0.2, 0) is 4.79 Å². The molecule has 0 saturated carbocycles. The third-order valence-corrected chi connectivity index (χ3v) is 3.60. The highest BCUT2D eigenvalue weighted by Crippen LogP contribution is 2.25. The van der Waals surface area contributed by atoms with E-state index in [9.17, 15) is 10.1 Å². The second-order valence-corrected chi connectivity index (χ2v) is 5.75. The second kappa shape index (κ2) is 8.46. The molecule has 0 aliphatic rings. The average Bonchev–Trinajstić information content (AvgIpc) is 2.48. The Labute approximate surface area is 127 Å². The first-order valence-electron chi connectivity index (χ1n) is 7.69. The lowest BCUT2D eigenvalue weighted by atomic mass is 9.85. The van der Waals surface area contributed by atoms with Crippen LogP contribution in [0, 0.1) is 23.2 Å². The van der Waals surface area contributed by atoms with Crippen molar-refractivity contribution >= 4 is 5.78 Å². The predicted octanol–water partition coefficient (Wildman–Crippen LogP) is 4.33. The van der Waals surface area contributed by atoms with Gasteiger partial charge in [-0.2, -0.15) is 5.26 Å². The maximum atomic E-state index is 12.4. The van der Waals surface area contributed by atoms with E-state index in [2.05, 4.69) is 19.9 Å². The van der Waals surface area contributed by atoms with Crippen molar-refractivity contribution in [3.05, 3.63) is 29.8 Å². The fourth-order valence-corrected chi connectivity index (χ4v) is 2.25. The van der Waals surface area contributed by atoms with Crippen LogP contribution < -0.4 is 4.74 Å². The molecule has 0 amide bonds. The van der Waals surface area contributed by atoms with E-state index in [1.54, 1.807) is 0 Å². The molecule has 0 bridgehead atoms. The standard InChI is InChI=1S/C18H25NO2/c1-5-14(6-2)18(20)17(11-19)15-7-9-16(10-8-15)21-12-13(3)4/h7-10,13-14,17H,5-6,12H2,1-4H3. The van der Waals surface area contributed by atoms with Gasteiger partial charge in [-0.3, -0.25) is 4.79 Å². The van der Waals surface area contributed by atoms with Crippen LogP contribution in [-0.4, -0.2) is 12.4 Å². The minimum absolute atomic E-state index is 0.0262. The largest absolute Gasteiger partial charge is 0.493 e. The summed E-state index contributed by atoms with van der Waals surface area (Å²) in [5.74, 6) is 0.561. The van der Waals surface area contributed by atoms with Crippen molar-refractivity contribution in [2.45, 2.75) is 46.5 Å². The number of hydrogen-bond acceptors (Lipinski definition) is 3. The third-order valence-electron chi connectivity index (χ3n) is 3.60. The maximum absolute atomic E-state index is 12.4. The van der Waals surface area contributed by atoms with E-state index in [4.69, 9.17) is 4.74 Å². The summed E-state index contributed by atoms with van der Waals surface area (Å²) < 4.78 is 5.62. The molecular weight excluding hydrogens is 262 g/mol. The zero-order valence-corrected chi connectivity index (χ0v) is 13.4. The first-order chi connectivity index (χ1) is 10.0. The molecule has 0 fully saturated rings. The van der Waals surface area contributed by atoms with Gasteiger partial charge in [0.05, 0.1) is 12.7 Å². The van der Waals surface area contributed by atoms with Crippen LogP contribution in [0.25, 0.3) is 0 Å². The van der Waals surface area contributed by atoms with E-state index in [1.165, 1.54) is 0 Å². The van der Waals surface area contributed by atoms with E-state index in [0.29, 0.717) is 12.5 Å².